The Morgan fingerprint density at radius 2 is 1.85 bits per heavy atom. The Labute approximate surface area is 160 Å². The molecule has 144 valence electrons. The molecule has 1 N–H and O–H groups in total. The average Bonchev–Trinajstić information content (AvgIpc) is 2.72. The first kappa shape index (κ1) is 19.0. The first-order chi connectivity index (χ1) is 13.1. The van der Waals surface area contributed by atoms with E-state index in [-0.39, 0.29) is 5.91 Å². The zero-order valence-corrected chi connectivity index (χ0v) is 16.0. The first-order valence-corrected chi connectivity index (χ1v) is 9.29. The second-order valence-corrected chi connectivity index (χ2v) is 6.84. The summed E-state index contributed by atoms with van der Waals surface area (Å²) in [5, 5.41) is 3.29. The van der Waals surface area contributed by atoms with Crippen LogP contribution in [0.15, 0.2) is 36.8 Å². The maximum Gasteiger partial charge on any atom is 0.255 e. The van der Waals surface area contributed by atoms with Crippen molar-refractivity contribution in [1.82, 2.24) is 24.8 Å². The Morgan fingerprint density at radius 1 is 1.11 bits per heavy atom. The van der Waals surface area contributed by atoms with Crippen molar-refractivity contribution in [2.24, 2.45) is 0 Å². The van der Waals surface area contributed by atoms with Crippen LogP contribution in [0.5, 0.6) is 0 Å². The van der Waals surface area contributed by atoms with Gasteiger partial charge in [0.05, 0.1) is 5.56 Å². The van der Waals surface area contributed by atoms with E-state index in [2.05, 4.69) is 44.2 Å². The number of amides is 1. The largest absolute Gasteiger partial charge is 0.370 e. The van der Waals surface area contributed by atoms with Crippen molar-refractivity contribution in [3.8, 4) is 0 Å². The highest BCUT2D eigenvalue weighted by Gasteiger charge is 2.23. The van der Waals surface area contributed by atoms with Crippen LogP contribution < -0.4 is 10.2 Å². The molecule has 0 aliphatic carbocycles. The molecule has 1 saturated heterocycles. The Kier molecular flexibility index (Phi) is 6.54. The van der Waals surface area contributed by atoms with E-state index in [0.29, 0.717) is 18.7 Å². The van der Waals surface area contributed by atoms with Gasteiger partial charge in [0.2, 0.25) is 5.95 Å². The van der Waals surface area contributed by atoms with Crippen LogP contribution in [0.3, 0.4) is 0 Å². The van der Waals surface area contributed by atoms with E-state index >= 15 is 0 Å². The maximum absolute atomic E-state index is 12.7. The Balaban J connectivity index is 1.48. The van der Waals surface area contributed by atoms with Gasteiger partial charge in [-0.2, -0.15) is 0 Å². The van der Waals surface area contributed by atoms with Gasteiger partial charge in [-0.25, -0.2) is 15.0 Å². The molecule has 0 bridgehead atoms. The number of hydrogen-bond acceptors (Lipinski definition) is 7. The molecule has 1 aliphatic rings. The summed E-state index contributed by atoms with van der Waals surface area (Å²) in [6, 6.07) is 5.52. The van der Waals surface area contributed by atoms with Crippen molar-refractivity contribution in [1.29, 1.82) is 0 Å². The molecule has 2 aromatic heterocycles. The van der Waals surface area contributed by atoms with Crippen LogP contribution in [0.25, 0.3) is 0 Å². The number of nitrogens with one attached hydrogen (secondary N) is 1. The number of piperazine rings is 1. The fourth-order valence-corrected chi connectivity index (χ4v) is 2.98. The van der Waals surface area contributed by atoms with Gasteiger partial charge in [-0.15, -0.1) is 0 Å². The zero-order chi connectivity index (χ0) is 19.1. The number of anilines is 2. The summed E-state index contributed by atoms with van der Waals surface area (Å²) in [6.45, 7) is 4.66. The predicted octanol–water partition coefficient (Wildman–Crippen LogP) is 1.20. The molecular weight excluding hydrogens is 342 g/mol. The number of carbonyl (C=O) groups is 1. The summed E-state index contributed by atoms with van der Waals surface area (Å²) in [5.74, 6) is 1.54. The first-order valence-electron chi connectivity index (χ1n) is 9.29. The Hall–Kier alpha value is -2.74. The van der Waals surface area contributed by atoms with Gasteiger partial charge in [0.25, 0.3) is 5.91 Å². The molecule has 8 nitrogen and oxygen atoms in total. The second-order valence-electron chi connectivity index (χ2n) is 6.84. The topological polar surface area (TPSA) is 77.5 Å². The lowest BCUT2D eigenvalue weighted by Crippen LogP contribution is -2.49. The SMILES string of the molecule is CN(C)CCCNc1ccc(C(=O)N2CCN(c3ncccn3)CC2)cn1. The maximum atomic E-state index is 12.7. The molecule has 0 spiro atoms. The smallest absolute Gasteiger partial charge is 0.255 e. The molecule has 3 rings (SSSR count). The summed E-state index contributed by atoms with van der Waals surface area (Å²) < 4.78 is 0. The summed E-state index contributed by atoms with van der Waals surface area (Å²) >= 11 is 0. The van der Waals surface area contributed by atoms with E-state index in [4.69, 9.17) is 0 Å². The number of aromatic nitrogens is 3. The van der Waals surface area contributed by atoms with Crippen molar-refractivity contribution >= 4 is 17.7 Å². The predicted molar refractivity (Wildman–Crippen MR) is 106 cm³/mol. The molecule has 8 heteroatoms. The Bertz CT molecular complexity index is 713. The van der Waals surface area contributed by atoms with Gasteiger partial charge >= 0.3 is 0 Å². The normalized spacial score (nSPS) is 14.5. The van der Waals surface area contributed by atoms with Crippen LogP contribution in [-0.4, -0.2) is 84.0 Å². The molecule has 27 heavy (non-hydrogen) atoms. The van der Waals surface area contributed by atoms with Crippen molar-refractivity contribution in [2.45, 2.75) is 6.42 Å². The third-order valence-electron chi connectivity index (χ3n) is 4.50. The van der Waals surface area contributed by atoms with Gasteiger partial charge < -0.3 is 20.0 Å². The van der Waals surface area contributed by atoms with Gasteiger partial charge in [-0.1, -0.05) is 0 Å². The fraction of sp³-hybridized carbons (Fsp3) is 0.474. The third kappa shape index (κ3) is 5.37. The van der Waals surface area contributed by atoms with Crippen LogP contribution >= 0.6 is 0 Å². The van der Waals surface area contributed by atoms with E-state index < -0.39 is 0 Å². The molecule has 3 heterocycles. The molecule has 0 atom stereocenters. The number of rotatable bonds is 7. The van der Waals surface area contributed by atoms with Gasteiger partial charge in [0, 0.05) is 51.3 Å². The highest BCUT2D eigenvalue weighted by Crippen LogP contribution is 2.13. The molecule has 1 amide bonds. The van der Waals surface area contributed by atoms with Gasteiger partial charge in [0.15, 0.2) is 0 Å². The molecule has 2 aromatic rings. The van der Waals surface area contributed by atoms with Crippen LogP contribution in [-0.2, 0) is 0 Å². The number of pyridine rings is 1. The fourth-order valence-electron chi connectivity index (χ4n) is 2.98. The van der Waals surface area contributed by atoms with Gasteiger partial charge in [0.1, 0.15) is 5.82 Å². The second kappa shape index (κ2) is 9.27. The molecule has 0 unspecified atom stereocenters. The lowest BCUT2D eigenvalue weighted by atomic mass is 10.2. The molecule has 0 saturated carbocycles. The molecule has 0 aromatic carbocycles. The van der Waals surface area contributed by atoms with Crippen molar-refractivity contribution < 1.29 is 4.79 Å². The highest BCUT2D eigenvalue weighted by molar-refractivity contribution is 5.94. The van der Waals surface area contributed by atoms with E-state index in [1.165, 1.54) is 0 Å². The summed E-state index contributed by atoms with van der Waals surface area (Å²) in [6.07, 6.45) is 6.18. The number of carbonyl (C=O) groups excluding carboxylic acids is 1. The lowest BCUT2D eigenvalue weighted by Gasteiger charge is -2.34. The van der Waals surface area contributed by atoms with E-state index in [9.17, 15) is 4.79 Å². The minimum absolute atomic E-state index is 0.0234. The van der Waals surface area contributed by atoms with Crippen molar-refractivity contribution in [3.63, 3.8) is 0 Å². The summed E-state index contributed by atoms with van der Waals surface area (Å²) in [7, 11) is 4.12. The van der Waals surface area contributed by atoms with Gasteiger partial charge in [-0.05, 0) is 45.3 Å². The van der Waals surface area contributed by atoms with Gasteiger partial charge in [-0.3, -0.25) is 4.79 Å². The summed E-state index contributed by atoms with van der Waals surface area (Å²) in [5.41, 5.74) is 0.623. The van der Waals surface area contributed by atoms with E-state index in [1.807, 2.05) is 17.0 Å². The molecular formula is C19H27N7O. The van der Waals surface area contributed by atoms with Crippen LogP contribution in [0.1, 0.15) is 16.8 Å². The van der Waals surface area contributed by atoms with Crippen molar-refractivity contribution in [2.75, 3.05) is 63.6 Å². The highest BCUT2D eigenvalue weighted by atomic mass is 16.2. The Morgan fingerprint density at radius 3 is 2.48 bits per heavy atom. The quantitative estimate of drug-likeness (QED) is 0.735. The zero-order valence-electron chi connectivity index (χ0n) is 16.0. The van der Waals surface area contributed by atoms with Crippen molar-refractivity contribution in [3.05, 3.63) is 42.4 Å². The summed E-state index contributed by atoms with van der Waals surface area (Å²) in [4.78, 5) is 31.7. The number of hydrogen-bond donors (Lipinski definition) is 1. The minimum atomic E-state index is 0.0234. The molecule has 0 radical (unpaired) electrons. The molecule has 1 aliphatic heterocycles. The van der Waals surface area contributed by atoms with E-state index in [0.717, 1.165) is 44.4 Å². The number of nitrogens with zero attached hydrogens (tertiary/aromatic N) is 6. The van der Waals surface area contributed by atoms with Crippen LogP contribution in [0.2, 0.25) is 0 Å². The lowest BCUT2D eigenvalue weighted by molar-refractivity contribution is 0.0746. The van der Waals surface area contributed by atoms with Crippen LogP contribution in [0.4, 0.5) is 11.8 Å². The standard InChI is InChI=1S/C19H27N7O/c1-24(2)10-4-9-20-17-6-5-16(15-23-17)18(27)25-11-13-26(14-12-25)19-21-7-3-8-22-19/h3,5-8,15H,4,9-14H2,1-2H3,(H,20,23). The monoisotopic (exact) mass is 369 g/mol. The van der Waals surface area contributed by atoms with E-state index in [1.54, 1.807) is 24.7 Å². The third-order valence-corrected chi connectivity index (χ3v) is 4.50. The average molecular weight is 369 g/mol. The van der Waals surface area contributed by atoms with Crippen LogP contribution in [0, 0.1) is 0 Å². The molecule has 1 fully saturated rings. The minimum Gasteiger partial charge on any atom is -0.370 e.